The molecule has 1 fully saturated rings. The molecule has 0 saturated heterocycles. The molecule has 2 rings (SSSR count). The van der Waals surface area contributed by atoms with E-state index in [9.17, 15) is 4.79 Å². The van der Waals surface area contributed by atoms with Gasteiger partial charge in [-0.3, -0.25) is 0 Å². The van der Waals surface area contributed by atoms with Gasteiger partial charge in [-0.1, -0.05) is 5.16 Å². The minimum Gasteiger partial charge on any atom is -0.461 e. The molecule has 1 aliphatic carbocycles. The first kappa shape index (κ1) is 9.95. The number of carbonyl (C=O) groups is 1. The van der Waals surface area contributed by atoms with Crippen molar-refractivity contribution in [2.45, 2.75) is 25.7 Å². The van der Waals surface area contributed by atoms with Gasteiger partial charge in [-0.25, -0.2) is 4.79 Å². The number of aromatic nitrogens is 1. The van der Waals surface area contributed by atoms with E-state index in [1.54, 1.807) is 6.92 Å². The number of carbonyl (C=O) groups excluding carboxylic acids is 1. The van der Waals surface area contributed by atoms with Gasteiger partial charge in [-0.05, 0) is 42.4 Å². The summed E-state index contributed by atoms with van der Waals surface area (Å²) in [6.07, 6.45) is 2.26. The van der Waals surface area contributed by atoms with Crippen molar-refractivity contribution in [3.05, 3.63) is 15.0 Å². The number of hydrogen-bond acceptors (Lipinski definition) is 4. The lowest BCUT2D eigenvalue weighted by Crippen LogP contribution is -2.06. The predicted octanol–water partition coefficient (Wildman–Crippen LogP) is 2.33. The predicted molar refractivity (Wildman–Crippen MR) is 57.2 cm³/mol. The maximum absolute atomic E-state index is 11.4. The molecule has 0 atom stereocenters. The summed E-state index contributed by atoms with van der Waals surface area (Å²) in [5.74, 6) is 0.916. The van der Waals surface area contributed by atoms with E-state index >= 15 is 0 Å². The summed E-state index contributed by atoms with van der Waals surface area (Å²) in [5.41, 5.74) is 0.314. The van der Waals surface area contributed by atoms with Crippen molar-refractivity contribution in [1.82, 2.24) is 5.16 Å². The Balaban J connectivity index is 2.21. The smallest absolute Gasteiger partial charge is 0.361 e. The van der Waals surface area contributed by atoms with Crippen molar-refractivity contribution in [1.29, 1.82) is 0 Å². The van der Waals surface area contributed by atoms with Crippen molar-refractivity contribution >= 4 is 28.6 Å². The highest BCUT2D eigenvalue weighted by Crippen LogP contribution is 2.42. The summed E-state index contributed by atoms with van der Waals surface area (Å²) in [5, 5.41) is 3.74. The Hall–Kier alpha value is -0.590. The van der Waals surface area contributed by atoms with Gasteiger partial charge in [0.2, 0.25) is 5.69 Å². The Morgan fingerprint density at radius 3 is 3.00 bits per heavy atom. The lowest BCUT2D eigenvalue weighted by Gasteiger charge is -1.96. The minimum absolute atomic E-state index is 0.314. The lowest BCUT2D eigenvalue weighted by atomic mass is 10.3. The highest BCUT2D eigenvalue weighted by Gasteiger charge is 2.33. The molecule has 0 radical (unpaired) electrons. The lowest BCUT2D eigenvalue weighted by molar-refractivity contribution is 0.0513. The van der Waals surface area contributed by atoms with Crippen LogP contribution in [0.15, 0.2) is 4.52 Å². The molecule has 0 bridgehead atoms. The molecule has 0 aromatic carbocycles. The monoisotopic (exact) mass is 307 g/mol. The van der Waals surface area contributed by atoms with Gasteiger partial charge in [-0.15, -0.1) is 0 Å². The van der Waals surface area contributed by atoms with Crippen LogP contribution in [-0.4, -0.2) is 17.7 Å². The first-order valence-electron chi connectivity index (χ1n) is 4.56. The van der Waals surface area contributed by atoms with Gasteiger partial charge in [0.25, 0.3) is 0 Å². The van der Waals surface area contributed by atoms with E-state index < -0.39 is 5.97 Å². The third-order valence-corrected chi connectivity index (χ3v) is 3.12. The number of rotatable bonds is 3. The second-order valence-corrected chi connectivity index (χ2v) is 4.28. The fourth-order valence-electron chi connectivity index (χ4n) is 1.22. The molecule has 1 saturated carbocycles. The van der Waals surface area contributed by atoms with Crippen LogP contribution >= 0.6 is 22.6 Å². The van der Waals surface area contributed by atoms with Gasteiger partial charge in [0.05, 0.1) is 10.2 Å². The molecule has 0 spiro atoms. The summed E-state index contributed by atoms with van der Waals surface area (Å²) in [6, 6.07) is 0. The Morgan fingerprint density at radius 1 is 1.71 bits per heavy atom. The molecule has 1 heterocycles. The van der Waals surface area contributed by atoms with Crippen molar-refractivity contribution in [2.24, 2.45) is 0 Å². The van der Waals surface area contributed by atoms with Gasteiger partial charge in [0.15, 0.2) is 5.76 Å². The molecule has 76 valence electrons. The van der Waals surface area contributed by atoms with E-state index in [0.29, 0.717) is 18.2 Å². The molecule has 4 nitrogen and oxygen atoms in total. The zero-order chi connectivity index (χ0) is 10.1. The van der Waals surface area contributed by atoms with Gasteiger partial charge < -0.3 is 9.26 Å². The number of halogens is 1. The zero-order valence-corrected chi connectivity index (χ0v) is 9.91. The van der Waals surface area contributed by atoms with Crippen molar-refractivity contribution < 1.29 is 14.1 Å². The third-order valence-electron chi connectivity index (χ3n) is 2.08. The van der Waals surface area contributed by atoms with Crippen LogP contribution < -0.4 is 0 Å². The molecule has 1 aromatic rings. The molecule has 1 aromatic heterocycles. The number of nitrogens with zero attached hydrogens (tertiary/aromatic N) is 1. The van der Waals surface area contributed by atoms with Crippen LogP contribution in [0.1, 0.15) is 41.9 Å². The molecule has 0 unspecified atom stereocenters. The molecule has 0 N–H and O–H groups in total. The summed E-state index contributed by atoms with van der Waals surface area (Å²) in [6.45, 7) is 2.13. The van der Waals surface area contributed by atoms with Gasteiger partial charge in [0.1, 0.15) is 0 Å². The van der Waals surface area contributed by atoms with Crippen LogP contribution in [0.5, 0.6) is 0 Å². The molecule has 14 heavy (non-hydrogen) atoms. The Morgan fingerprint density at radius 2 is 2.43 bits per heavy atom. The van der Waals surface area contributed by atoms with Crippen LogP contribution in [0.25, 0.3) is 0 Å². The second-order valence-electron chi connectivity index (χ2n) is 3.20. The molecular formula is C9H10INO3. The summed E-state index contributed by atoms with van der Waals surface area (Å²) in [7, 11) is 0. The third kappa shape index (κ3) is 1.77. The fourth-order valence-corrected chi connectivity index (χ4v) is 2.07. The summed E-state index contributed by atoms with van der Waals surface area (Å²) >= 11 is 2.09. The van der Waals surface area contributed by atoms with Crippen LogP contribution in [0.2, 0.25) is 0 Å². The molecular weight excluding hydrogens is 297 g/mol. The second kappa shape index (κ2) is 3.88. The molecule has 0 aliphatic heterocycles. The van der Waals surface area contributed by atoms with Crippen LogP contribution in [0.3, 0.4) is 0 Å². The van der Waals surface area contributed by atoms with Crippen molar-refractivity contribution in [3.8, 4) is 0 Å². The maximum atomic E-state index is 11.4. The topological polar surface area (TPSA) is 52.3 Å². The standard InChI is InChI=1S/C9H10INO3/c1-2-13-9(12)7-6(10)8(14-11-7)5-3-4-5/h5H,2-4H2,1H3. The summed E-state index contributed by atoms with van der Waals surface area (Å²) < 4.78 is 10.8. The van der Waals surface area contributed by atoms with Crippen LogP contribution in [0, 0.1) is 3.57 Å². The van der Waals surface area contributed by atoms with E-state index in [0.717, 1.165) is 22.2 Å². The largest absolute Gasteiger partial charge is 0.461 e. The number of esters is 1. The average molecular weight is 307 g/mol. The molecule has 5 heteroatoms. The van der Waals surface area contributed by atoms with Crippen molar-refractivity contribution in [2.75, 3.05) is 6.61 Å². The quantitative estimate of drug-likeness (QED) is 0.635. The molecule has 0 amide bonds. The van der Waals surface area contributed by atoms with E-state index in [2.05, 4.69) is 27.7 Å². The van der Waals surface area contributed by atoms with E-state index in [-0.39, 0.29) is 0 Å². The Bertz CT molecular complexity index is 357. The van der Waals surface area contributed by atoms with Gasteiger partial charge >= 0.3 is 5.97 Å². The normalized spacial score (nSPS) is 15.6. The highest BCUT2D eigenvalue weighted by molar-refractivity contribution is 14.1. The van der Waals surface area contributed by atoms with Gasteiger partial charge in [-0.2, -0.15) is 0 Å². The van der Waals surface area contributed by atoms with Gasteiger partial charge in [0, 0.05) is 5.92 Å². The van der Waals surface area contributed by atoms with Crippen LogP contribution in [0.4, 0.5) is 0 Å². The van der Waals surface area contributed by atoms with Crippen molar-refractivity contribution in [3.63, 3.8) is 0 Å². The average Bonchev–Trinajstić information content (AvgIpc) is 2.91. The maximum Gasteiger partial charge on any atom is 0.361 e. The number of hydrogen-bond donors (Lipinski definition) is 0. The zero-order valence-electron chi connectivity index (χ0n) is 7.75. The van der Waals surface area contributed by atoms with E-state index in [4.69, 9.17) is 9.26 Å². The van der Waals surface area contributed by atoms with E-state index in [1.807, 2.05) is 0 Å². The highest BCUT2D eigenvalue weighted by atomic mass is 127. The summed E-state index contributed by atoms with van der Waals surface area (Å²) in [4.78, 5) is 11.4. The fraction of sp³-hybridized carbons (Fsp3) is 0.556. The Labute approximate surface area is 95.1 Å². The van der Waals surface area contributed by atoms with E-state index in [1.165, 1.54) is 0 Å². The first-order chi connectivity index (χ1) is 6.74. The van der Waals surface area contributed by atoms with Crippen LogP contribution in [-0.2, 0) is 4.74 Å². The SMILES string of the molecule is CCOC(=O)c1noc(C2CC2)c1I. The Kier molecular flexibility index (Phi) is 2.76. The molecule has 1 aliphatic rings. The minimum atomic E-state index is -0.396. The first-order valence-corrected chi connectivity index (χ1v) is 5.64. The number of ether oxygens (including phenoxy) is 1.